The Bertz CT molecular complexity index is 554. The molecule has 2 atom stereocenters. The highest BCUT2D eigenvalue weighted by molar-refractivity contribution is 6.30. The molecule has 0 radical (unpaired) electrons. The first kappa shape index (κ1) is 15.1. The zero-order valence-corrected chi connectivity index (χ0v) is 12.5. The van der Waals surface area contributed by atoms with E-state index in [0.717, 1.165) is 23.8 Å². The highest BCUT2D eigenvalue weighted by Crippen LogP contribution is 2.38. The molecule has 1 aliphatic carbocycles. The summed E-state index contributed by atoms with van der Waals surface area (Å²) in [5, 5.41) is 4.05. The normalized spacial score (nSPS) is 20.1. The molecule has 106 valence electrons. The Morgan fingerprint density at radius 3 is 2.45 bits per heavy atom. The third-order valence-corrected chi connectivity index (χ3v) is 3.69. The molecule has 1 aromatic carbocycles. The van der Waals surface area contributed by atoms with Gasteiger partial charge in [0.2, 0.25) is 0 Å². The van der Waals surface area contributed by atoms with Gasteiger partial charge in [-0.25, -0.2) is 4.98 Å². The van der Waals surface area contributed by atoms with Crippen molar-refractivity contribution in [2.24, 2.45) is 5.73 Å². The van der Waals surface area contributed by atoms with Crippen molar-refractivity contribution in [2.75, 3.05) is 5.32 Å². The van der Waals surface area contributed by atoms with E-state index in [1.807, 2.05) is 36.5 Å². The lowest BCUT2D eigenvalue weighted by Crippen LogP contribution is -2.03. The SMILES string of the molecule is Cl.N[C@@H]1C[C@H]1c1ccc(NCc2ccc(Cl)cc2)nc1. The average Bonchev–Trinajstić information content (AvgIpc) is 3.16. The van der Waals surface area contributed by atoms with Crippen molar-refractivity contribution in [2.45, 2.75) is 24.9 Å². The lowest BCUT2D eigenvalue weighted by atomic mass is 10.2. The molecule has 0 saturated heterocycles. The van der Waals surface area contributed by atoms with Gasteiger partial charge in [0.15, 0.2) is 0 Å². The molecule has 2 aromatic rings. The highest BCUT2D eigenvalue weighted by atomic mass is 35.5. The second-order valence-electron chi connectivity index (χ2n) is 4.96. The third kappa shape index (κ3) is 3.63. The Hall–Kier alpha value is -1.29. The summed E-state index contributed by atoms with van der Waals surface area (Å²) >= 11 is 5.85. The number of benzene rings is 1. The third-order valence-electron chi connectivity index (χ3n) is 3.44. The van der Waals surface area contributed by atoms with Crippen LogP contribution in [0.5, 0.6) is 0 Å². The maximum atomic E-state index is 5.85. The van der Waals surface area contributed by atoms with Crippen LogP contribution in [0, 0.1) is 0 Å². The van der Waals surface area contributed by atoms with Crippen molar-refractivity contribution in [3.05, 3.63) is 58.7 Å². The molecule has 0 bridgehead atoms. The molecular weight excluding hydrogens is 293 g/mol. The van der Waals surface area contributed by atoms with Crippen LogP contribution in [0.4, 0.5) is 5.82 Å². The van der Waals surface area contributed by atoms with Crippen molar-refractivity contribution < 1.29 is 0 Å². The lowest BCUT2D eigenvalue weighted by molar-refractivity contribution is 0.978. The molecule has 1 saturated carbocycles. The summed E-state index contributed by atoms with van der Waals surface area (Å²) in [6.45, 7) is 0.743. The molecular formula is C15H17Cl2N3. The van der Waals surface area contributed by atoms with Crippen LogP contribution in [0.15, 0.2) is 42.6 Å². The average molecular weight is 310 g/mol. The van der Waals surface area contributed by atoms with Gasteiger partial charge in [-0.2, -0.15) is 0 Å². The highest BCUT2D eigenvalue weighted by Gasteiger charge is 2.34. The van der Waals surface area contributed by atoms with E-state index in [0.29, 0.717) is 12.0 Å². The van der Waals surface area contributed by atoms with E-state index in [-0.39, 0.29) is 12.4 Å². The van der Waals surface area contributed by atoms with Crippen molar-refractivity contribution in [1.29, 1.82) is 0 Å². The maximum absolute atomic E-state index is 5.85. The van der Waals surface area contributed by atoms with Gasteiger partial charge in [0, 0.05) is 29.7 Å². The molecule has 20 heavy (non-hydrogen) atoms. The molecule has 1 heterocycles. The summed E-state index contributed by atoms with van der Waals surface area (Å²) in [5.74, 6) is 1.39. The van der Waals surface area contributed by atoms with Gasteiger partial charge in [-0.15, -0.1) is 12.4 Å². The van der Waals surface area contributed by atoms with Crippen molar-refractivity contribution in [1.82, 2.24) is 4.98 Å². The van der Waals surface area contributed by atoms with E-state index in [1.54, 1.807) is 0 Å². The number of halogens is 2. The van der Waals surface area contributed by atoms with Crippen LogP contribution in [0.1, 0.15) is 23.5 Å². The Kier molecular flexibility index (Phi) is 4.86. The van der Waals surface area contributed by atoms with E-state index >= 15 is 0 Å². The molecule has 0 aliphatic heterocycles. The molecule has 3 rings (SSSR count). The van der Waals surface area contributed by atoms with E-state index in [4.69, 9.17) is 17.3 Å². The van der Waals surface area contributed by atoms with Gasteiger partial charge in [0.05, 0.1) is 0 Å². The summed E-state index contributed by atoms with van der Waals surface area (Å²) in [6.07, 6.45) is 3.00. The van der Waals surface area contributed by atoms with Crippen LogP contribution in [0.25, 0.3) is 0 Å². The molecule has 0 spiro atoms. The number of nitrogens with two attached hydrogens (primary N) is 1. The first-order chi connectivity index (χ1) is 9.22. The summed E-state index contributed by atoms with van der Waals surface area (Å²) < 4.78 is 0. The van der Waals surface area contributed by atoms with Gasteiger partial charge in [0.1, 0.15) is 5.82 Å². The number of pyridine rings is 1. The standard InChI is InChI=1S/C15H16ClN3.ClH/c16-12-4-1-10(2-5-12)8-18-15-6-3-11(9-19-15)13-7-14(13)17;/h1-6,9,13-14H,7-8,17H2,(H,18,19);1H/t13-,14+;/m0./s1. The van der Waals surface area contributed by atoms with Crippen LogP contribution in [-0.4, -0.2) is 11.0 Å². The predicted octanol–water partition coefficient (Wildman–Crippen LogP) is 3.58. The van der Waals surface area contributed by atoms with Crippen LogP contribution < -0.4 is 11.1 Å². The Morgan fingerprint density at radius 2 is 1.90 bits per heavy atom. The van der Waals surface area contributed by atoms with Crippen LogP contribution in [-0.2, 0) is 6.54 Å². The summed E-state index contributed by atoms with van der Waals surface area (Å²) in [4.78, 5) is 4.41. The fraction of sp³-hybridized carbons (Fsp3) is 0.267. The van der Waals surface area contributed by atoms with Crippen LogP contribution in [0.2, 0.25) is 5.02 Å². The van der Waals surface area contributed by atoms with Gasteiger partial charge in [-0.1, -0.05) is 29.8 Å². The van der Waals surface area contributed by atoms with Gasteiger partial charge in [-0.3, -0.25) is 0 Å². The molecule has 3 N–H and O–H groups in total. The number of hydrogen-bond donors (Lipinski definition) is 2. The first-order valence-electron chi connectivity index (χ1n) is 6.42. The number of nitrogens with zero attached hydrogens (tertiary/aromatic N) is 1. The second-order valence-corrected chi connectivity index (χ2v) is 5.40. The Labute approximate surface area is 130 Å². The quantitative estimate of drug-likeness (QED) is 0.907. The van der Waals surface area contributed by atoms with Crippen molar-refractivity contribution in [3.8, 4) is 0 Å². The van der Waals surface area contributed by atoms with Gasteiger partial charge >= 0.3 is 0 Å². The Balaban J connectivity index is 0.00000147. The number of hydrogen-bond acceptors (Lipinski definition) is 3. The second kappa shape index (κ2) is 6.44. The molecule has 1 aliphatic rings. The zero-order chi connectivity index (χ0) is 13.2. The minimum atomic E-state index is 0. The number of rotatable bonds is 4. The monoisotopic (exact) mass is 309 g/mol. The van der Waals surface area contributed by atoms with E-state index < -0.39 is 0 Å². The van der Waals surface area contributed by atoms with E-state index in [9.17, 15) is 0 Å². The summed E-state index contributed by atoms with van der Waals surface area (Å²) in [5.41, 5.74) is 8.25. The summed E-state index contributed by atoms with van der Waals surface area (Å²) in [6, 6.07) is 12.2. The van der Waals surface area contributed by atoms with Crippen molar-refractivity contribution in [3.63, 3.8) is 0 Å². The smallest absolute Gasteiger partial charge is 0.126 e. The first-order valence-corrected chi connectivity index (χ1v) is 6.80. The molecule has 1 fully saturated rings. The van der Waals surface area contributed by atoms with Crippen LogP contribution >= 0.6 is 24.0 Å². The Morgan fingerprint density at radius 1 is 1.20 bits per heavy atom. The molecule has 0 amide bonds. The fourth-order valence-corrected chi connectivity index (χ4v) is 2.25. The predicted molar refractivity (Wildman–Crippen MR) is 85.6 cm³/mol. The van der Waals surface area contributed by atoms with Crippen LogP contribution in [0.3, 0.4) is 0 Å². The fourth-order valence-electron chi connectivity index (χ4n) is 2.12. The summed E-state index contributed by atoms with van der Waals surface area (Å²) in [7, 11) is 0. The molecule has 0 unspecified atom stereocenters. The topological polar surface area (TPSA) is 50.9 Å². The van der Waals surface area contributed by atoms with Gasteiger partial charge < -0.3 is 11.1 Å². The minimum absolute atomic E-state index is 0. The number of aromatic nitrogens is 1. The number of nitrogens with one attached hydrogen (secondary N) is 1. The number of anilines is 1. The molecule has 5 heteroatoms. The largest absolute Gasteiger partial charge is 0.366 e. The lowest BCUT2D eigenvalue weighted by Gasteiger charge is -2.06. The molecule has 1 aromatic heterocycles. The van der Waals surface area contributed by atoms with Crippen molar-refractivity contribution >= 4 is 29.8 Å². The van der Waals surface area contributed by atoms with Gasteiger partial charge in [-0.05, 0) is 35.7 Å². The van der Waals surface area contributed by atoms with E-state index in [2.05, 4.69) is 16.4 Å². The zero-order valence-electron chi connectivity index (χ0n) is 10.9. The minimum Gasteiger partial charge on any atom is -0.366 e. The van der Waals surface area contributed by atoms with Gasteiger partial charge in [0.25, 0.3) is 0 Å². The molecule has 3 nitrogen and oxygen atoms in total. The van der Waals surface area contributed by atoms with E-state index in [1.165, 1.54) is 11.1 Å². The maximum Gasteiger partial charge on any atom is 0.126 e.